The molecule has 1 fully saturated rings. The second-order valence-electron chi connectivity index (χ2n) is 2.42. The van der Waals surface area contributed by atoms with Gasteiger partial charge in [0.15, 0.2) is 0 Å². The van der Waals surface area contributed by atoms with Gasteiger partial charge in [-0.15, -0.1) is 11.8 Å². The van der Waals surface area contributed by atoms with Gasteiger partial charge < -0.3 is 5.32 Å². The summed E-state index contributed by atoms with van der Waals surface area (Å²) in [7, 11) is 0. The summed E-state index contributed by atoms with van der Waals surface area (Å²) in [6, 6.07) is 1.81. The van der Waals surface area contributed by atoms with Crippen LogP contribution in [0, 0.1) is 0 Å². The molecule has 2 heterocycles. The van der Waals surface area contributed by atoms with Gasteiger partial charge in [0.05, 0.1) is 0 Å². The molecule has 2 rings (SSSR count). The smallest absolute Gasteiger partial charge is 0.224 e. The monoisotopic (exact) mass is 182 g/mol. The van der Waals surface area contributed by atoms with E-state index in [1.807, 2.05) is 11.8 Å². The van der Waals surface area contributed by atoms with Gasteiger partial charge in [-0.2, -0.15) is 0 Å². The first kappa shape index (κ1) is 7.82. The highest BCUT2D eigenvalue weighted by atomic mass is 32.2. The van der Waals surface area contributed by atoms with E-state index in [9.17, 15) is 0 Å². The quantitative estimate of drug-likeness (QED) is 0.698. The molecule has 2 N–H and O–H groups in total. The molecule has 64 valence electrons. The molecule has 1 aromatic heterocycles. The maximum atomic E-state index is 4.07. The first-order valence-electron chi connectivity index (χ1n) is 3.84. The molecule has 12 heavy (non-hydrogen) atoms. The van der Waals surface area contributed by atoms with E-state index in [2.05, 4.69) is 20.6 Å². The van der Waals surface area contributed by atoms with Crippen molar-refractivity contribution < 1.29 is 0 Å². The molecule has 0 saturated carbocycles. The summed E-state index contributed by atoms with van der Waals surface area (Å²) in [6.07, 6.45) is 3.46. The molecular weight excluding hydrogens is 172 g/mol. The summed E-state index contributed by atoms with van der Waals surface area (Å²) in [4.78, 5) is 8.13. The van der Waals surface area contributed by atoms with Crippen molar-refractivity contribution in [1.82, 2.24) is 15.3 Å². The Kier molecular flexibility index (Phi) is 2.43. The number of thioether (sulfide) groups is 1. The molecular formula is C7H10N4S. The summed E-state index contributed by atoms with van der Waals surface area (Å²) in [5.74, 6) is 1.83. The lowest BCUT2D eigenvalue weighted by Gasteiger charge is -2.10. The van der Waals surface area contributed by atoms with Gasteiger partial charge in [0, 0.05) is 24.7 Å². The van der Waals surface area contributed by atoms with Crippen LogP contribution in [0.1, 0.15) is 0 Å². The zero-order chi connectivity index (χ0) is 8.23. The number of hydrogen-bond acceptors (Lipinski definition) is 5. The molecule has 5 heteroatoms. The summed E-state index contributed by atoms with van der Waals surface area (Å²) in [5, 5.41) is 6.45. The van der Waals surface area contributed by atoms with Crippen molar-refractivity contribution in [2.45, 2.75) is 5.50 Å². The van der Waals surface area contributed by atoms with E-state index in [0.29, 0.717) is 5.95 Å². The number of hydrogen-bond donors (Lipinski definition) is 2. The van der Waals surface area contributed by atoms with E-state index in [4.69, 9.17) is 0 Å². The van der Waals surface area contributed by atoms with Gasteiger partial charge >= 0.3 is 0 Å². The second kappa shape index (κ2) is 3.73. The average Bonchev–Trinajstić information content (AvgIpc) is 2.59. The topological polar surface area (TPSA) is 49.8 Å². The van der Waals surface area contributed by atoms with E-state index in [1.165, 1.54) is 0 Å². The van der Waals surface area contributed by atoms with Gasteiger partial charge in [0.1, 0.15) is 5.50 Å². The lowest BCUT2D eigenvalue weighted by atomic mass is 10.7. The van der Waals surface area contributed by atoms with Crippen molar-refractivity contribution in [3.8, 4) is 0 Å². The van der Waals surface area contributed by atoms with Crippen molar-refractivity contribution in [3.05, 3.63) is 18.5 Å². The summed E-state index contributed by atoms with van der Waals surface area (Å²) < 4.78 is 0. The van der Waals surface area contributed by atoms with Crippen LogP contribution >= 0.6 is 11.8 Å². The fraction of sp³-hybridized carbons (Fsp3) is 0.429. The highest BCUT2D eigenvalue weighted by Gasteiger charge is 2.14. The Morgan fingerprint density at radius 1 is 1.50 bits per heavy atom. The fourth-order valence-electron chi connectivity index (χ4n) is 1.01. The number of nitrogens with zero attached hydrogens (tertiary/aromatic N) is 2. The fourth-order valence-corrected chi connectivity index (χ4v) is 1.91. The van der Waals surface area contributed by atoms with Crippen molar-refractivity contribution in [1.29, 1.82) is 0 Å². The van der Waals surface area contributed by atoms with E-state index >= 15 is 0 Å². The molecule has 1 aliphatic heterocycles. The standard InChI is InChI=1S/C7H10N4S/c1-2-8-6(9-3-1)11-7-10-4-5-12-7/h1-3,7,10H,4-5H2,(H,8,9,11). The van der Waals surface area contributed by atoms with Crippen LogP contribution in [-0.4, -0.2) is 27.8 Å². The maximum absolute atomic E-state index is 4.07. The first-order valence-corrected chi connectivity index (χ1v) is 4.88. The third-order valence-corrected chi connectivity index (χ3v) is 2.60. The SMILES string of the molecule is c1cnc(NC2NCCS2)nc1. The Hall–Kier alpha value is -0.810. The minimum atomic E-state index is 0.271. The highest BCUT2D eigenvalue weighted by molar-refractivity contribution is 8.00. The van der Waals surface area contributed by atoms with Crippen molar-refractivity contribution in [3.63, 3.8) is 0 Å². The molecule has 1 aliphatic rings. The molecule has 0 aliphatic carbocycles. The third-order valence-electron chi connectivity index (χ3n) is 1.54. The minimum absolute atomic E-state index is 0.271. The maximum Gasteiger partial charge on any atom is 0.224 e. The van der Waals surface area contributed by atoms with Gasteiger partial charge in [-0.1, -0.05) is 0 Å². The molecule has 0 spiro atoms. The lowest BCUT2D eigenvalue weighted by molar-refractivity contribution is 0.763. The largest absolute Gasteiger partial charge is 0.330 e. The molecule has 1 atom stereocenters. The number of nitrogens with one attached hydrogen (secondary N) is 2. The summed E-state index contributed by atoms with van der Waals surface area (Å²) in [5.41, 5.74) is 0.271. The molecule has 0 bridgehead atoms. The number of aromatic nitrogens is 2. The van der Waals surface area contributed by atoms with Crippen LogP contribution < -0.4 is 10.6 Å². The van der Waals surface area contributed by atoms with E-state index in [0.717, 1.165) is 12.3 Å². The Morgan fingerprint density at radius 2 is 2.33 bits per heavy atom. The number of rotatable bonds is 2. The predicted molar refractivity (Wildman–Crippen MR) is 49.9 cm³/mol. The summed E-state index contributed by atoms with van der Waals surface area (Å²) in [6.45, 7) is 1.05. The second-order valence-corrected chi connectivity index (χ2v) is 3.63. The molecule has 4 nitrogen and oxygen atoms in total. The first-order chi connectivity index (χ1) is 5.95. The Labute approximate surface area is 75.2 Å². The van der Waals surface area contributed by atoms with Crippen LogP contribution in [0.4, 0.5) is 5.95 Å². The van der Waals surface area contributed by atoms with Crippen LogP contribution in [0.25, 0.3) is 0 Å². The normalized spacial score (nSPS) is 22.5. The Morgan fingerprint density at radius 3 is 3.00 bits per heavy atom. The van der Waals surface area contributed by atoms with Crippen molar-refractivity contribution in [2.75, 3.05) is 17.6 Å². The molecule has 0 radical (unpaired) electrons. The van der Waals surface area contributed by atoms with E-state index in [-0.39, 0.29) is 5.50 Å². The zero-order valence-corrected chi connectivity index (χ0v) is 7.34. The molecule has 1 aromatic rings. The average molecular weight is 182 g/mol. The third kappa shape index (κ3) is 1.86. The molecule has 1 unspecified atom stereocenters. The lowest BCUT2D eigenvalue weighted by Crippen LogP contribution is -2.28. The Bertz CT molecular complexity index is 234. The van der Waals surface area contributed by atoms with E-state index in [1.54, 1.807) is 18.5 Å². The van der Waals surface area contributed by atoms with Gasteiger partial charge in [-0.3, -0.25) is 5.32 Å². The van der Waals surface area contributed by atoms with Crippen LogP contribution in [0.15, 0.2) is 18.5 Å². The van der Waals surface area contributed by atoms with Gasteiger partial charge in [-0.25, -0.2) is 9.97 Å². The Balaban J connectivity index is 1.94. The molecule has 0 aromatic carbocycles. The highest BCUT2D eigenvalue weighted by Crippen LogP contribution is 2.14. The van der Waals surface area contributed by atoms with Crippen LogP contribution in [0.2, 0.25) is 0 Å². The molecule has 0 amide bonds. The van der Waals surface area contributed by atoms with Gasteiger partial charge in [-0.05, 0) is 6.07 Å². The van der Waals surface area contributed by atoms with Crippen LogP contribution in [-0.2, 0) is 0 Å². The van der Waals surface area contributed by atoms with Crippen LogP contribution in [0.5, 0.6) is 0 Å². The van der Waals surface area contributed by atoms with Crippen molar-refractivity contribution >= 4 is 17.7 Å². The van der Waals surface area contributed by atoms with Crippen molar-refractivity contribution in [2.24, 2.45) is 0 Å². The number of anilines is 1. The zero-order valence-electron chi connectivity index (χ0n) is 6.53. The van der Waals surface area contributed by atoms with Gasteiger partial charge in [0.2, 0.25) is 5.95 Å². The van der Waals surface area contributed by atoms with E-state index < -0.39 is 0 Å². The van der Waals surface area contributed by atoms with Crippen LogP contribution in [0.3, 0.4) is 0 Å². The molecule has 1 saturated heterocycles. The minimum Gasteiger partial charge on any atom is -0.330 e. The summed E-state index contributed by atoms with van der Waals surface area (Å²) >= 11 is 1.83. The predicted octanol–water partition coefficient (Wildman–Crippen LogP) is 0.508. The van der Waals surface area contributed by atoms with Gasteiger partial charge in [0.25, 0.3) is 0 Å².